The average molecular weight is 274 g/mol. The fourth-order valence-corrected chi connectivity index (χ4v) is 1.32. The van der Waals surface area contributed by atoms with E-state index in [1.54, 1.807) is 0 Å². The quantitative estimate of drug-likeness (QED) is 0.897. The first-order valence-electron chi connectivity index (χ1n) is 4.20. The van der Waals surface area contributed by atoms with Crippen LogP contribution < -0.4 is 0 Å². The number of aromatic nitrogens is 1. The maximum atomic E-state index is 12.2. The third kappa shape index (κ3) is 3.43. The highest BCUT2D eigenvalue weighted by Crippen LogP contribution is 2.32. The van der Waals surface area contributed by atoms with Crippen LogP contribution in [0.25, 0.3) is 0 Å². The van der Waals surface area contributed by atoms with Crippen LogP contribution in [0.5, 0.6) is 0 Å². The van der Waals surface area contributed by atoms with E-state index in [0.29, 0.717) is 0 Å². The zero-order chi connectivity index (χ0) is 12.3. The Bertz CT molecular complexity index is 386. The first-order valence-corrected chi connectivity index (χ1v) is 5.01. The lowest BCUT2D eigenvalue weighted by Crippen LogP contribution is -2.19. The summed E-state index contributed by atoms with van der Waals surface area (Å²) in [5.41, 5.74) is 0.896. The Labute approximate surface area is 99.9 Å². The van der Waals surface area contributed by atoms with Crippen LogP contribution in [-0.4, -0.2) is 15.8 Å². The number of allylic oxidation sites excluding steroid dienone is 1. The highest BCUT2D eigenvalue weighted by molar-refractivity contribution is 6.36. The van der Waals surface area contributed by atoms with Gasteiger partial charge >= 0.3 is 6.18 Å². The van der Waals surface area contributed by atoms with Gasteiger partial charge in [-0.05, 0) is 6.07 Å². The lowest BCUT2D eigenvalue weighted by atomic mass is 10.2. The molecule has 1 rings (SSSR count). The van der Waals surface area contributed by atoms with Crippen LogP contribution in [0.4, 0.5) is 13.2 Å². The Balaban J connectivity index is 2.79. The van der Waals surface area contributed by atoms with Gasteiger partial charge in [-0.2, -0.15) is 13.2 Å². The predicted molar refractivity (Wildman–Crippen MR) is 55.2 cm³/mol. The molecule has 1 atom stereocenters. The summed E-state index contributed by atoms with van der Waals surface area (Å²) in [5, 5.41) is 9.23. The Morgan fingerprint density at radius 2 is 2.19 bits per heavy atom. The van der Waals surface area contributed by atoms with E-state index < -0.39 is 12.3 Å². The van der Waals surface area contributed by atoms with Gasteiger partial charge in [-0.15, -0.1) is 0 Å². The van der Waals surface area contributed by atoms with Crippen molar-refractivity contribution in [1.29, 1.82) is 0 Å². The molecule has 16 heavy (non-hydrogen) atoms. The number of alkyl halides is 3. The van der Waals surface area contributed by atoms with Gasteiger partial charge in [0.05, 0.1) is 6.54 Å². The molecule has 0 amide bonds. The number of aliphatic hydroxyl groups is 1. The normalized spacial score (nSPS) is 15.2. The number of nitrogens with zero attached hydrogens (tertiary/aromatic N) is 1. The number of rotatable bonds is 3. The van der Waals surface area contributed by atoms with E-state index in [4.69, 9.17) is 28.3 Å². The molecule has 0 aliphatic carbocycles. The molecule has 2 nitrogen and oxygen atoms in total. The van der Waals surface area contributed by atoms with E-state index in [0.717, 1.165) is 5.54 Å². The molecule has 1 N–H and O–H groups in total. The van der Waals surface area contributed by atoms with Crippen molar-refractivity contribution in [3.05, 3.63) is 34.6 Å². The Morgan fingerprint density at radius 3 is 2.69 bits per heavy atom. The highest BCUT2D eigenvalue weighted by atomic mass is 35.5. The second kappa shape index (κ2) is 5.12. The molecule has 90 valence electrons. The molecule has 1 aromatic rings. The van der Waals surface area contributed by atoms with Gasteiger partial charge in [-0.25, -0.2) is 0 Å². The lowest BCUT2D eigenvalue weighted by Gasteiger charge is -2.12. The molecule has 1 aromatic heterocycles. The number of hydrogen-bond acceptors (Lipinski definition) is 1. The Hall–Kier alpha value is -0.650. The van der Waals surface area contributed by atoms with Gasteiger partial charge in [-0.3, -0.25) is 0 Å². The second-order valence-electron chi connectivity index (χ2n) is 3.12. The maximum absolute atomic E-state index is 12.2. The van der Waals surface area contributed by atoms with Crippen molar-refractivity contribution in [2.75, 3.05) is 0 Å². The summed E-state index contributed by atoms with van der Waals surface area (Å²) in [6, 6.07) is 1.18. The predicted octanol–water partition coefficient (Wildman–Crippen LogP) is 3.40. The molecular weight excluding hydrogens is 266 g/mol. The fraction of sp³-hybridized carbons (Fsp3) is 0.333. The van der Waals surface area contributed by atoms with Crippen LogP contribution >= 0.6 is 23.2 Å². The van der Waals surface area contributed by atoms with Crippen molar-refractivity contribution >= 4 is 23.2 Å². The van der Waals surface area contributed by atoms with Gasteiger partial charge in [0.25, 0.3) is 0 Å². The van der Waals surface area contributed by atoms with E-state index in [-0.39, 0.29) is 17.1 Å². The first-order chi connectivity index (χ1) is 7.34. The van der Waals surface area contributed by atoms with Gasteiger partial charge in [0.2, 0.25) is 0 Å². The second-order valence-corrected chi connectivity index (χ2v) is 3.82. The molecule has 1 heterocycles. The minimum absolute atomic E-state index is 0.162. The Kier molecular flexibility index (Phi) is 4.29. The van der Waals surface area contributed by atoms with Crippen LogP contribution in [0.3, 0.4) is 0 Å². The molecule has 7 heteroatoms. The largest absolute Gasteiger partial charge is 0.418 e. The van der Waals surface area contributed by atoms with E-state index in [9.17, 15) is 13.2 Å². The Morgan fingerprint density at radius 1 is 1.56 bits per heavy atom. The monoisotopic (exact) mass is 273 g/mol. The summed E-state index contributed by atoms with van der Waals surface area (Å²) < 4.78 is 37.9. The molecule has 0 aliphatic rings. The van der Waals surface area contributed by atoms with E-state index >= 15 is 0 Å². The van der Waals surface area contributed by atoms with Gasteiger partial charge < -0.3 is 9.67 Å². The smallest absolute Gasteiger partial charge is 0.379 e. The third-order valence-electron chi connectivity index (χ3n) is 1.85. The van der Waals surface area contributed by atoms with E-state index in [1.807, 2.05) is 0 Å². The SMILES string of the molecule is OC(c1ccn(C/C(Cl)=C/Cl)c1)C(F)(F)F. The number of halogens is 5. The minimum Gasteiger partial charge on any atom is -0.379 e. The molecule has 0 saturated carbocycles. The third-order valence-corrected chi connectivity index (χ3v) is 2.45. The zero-order valence-electron chi connectivity index (χ0n) is 7.88. The van der Waals surface area contributed by atoms with Crippen molar-refractivity contribution in [3.63, 3.8) is 0 Å². The zero-order valence-corrected chi connectivity index (χ0v) is 9.39. The minimum atomic E-state index is -4.67. The molecule has 0 aliphatic heterocycles. The summed E-state index contributed by atoms with van der Waals surface area (Å²) in [6.07, 6.45) is -4.60. The summed E-state index contributed by atoms with van der Waals surface area (Å²) in [6.45, 7) is 0.162. The van der Waals surface area contributed by atoms with Crippen molar-refractivity contribution < 1.29 is 18.3 Å². The molecule has 1 unspecified atom stereocenters. The van der Waals surface area contributed by atoms with Crippen LogP contribution in [0.1, 0.15) is 11.7 Å². The summed E-state index contributed by atoms with van der Waals surface area (Å²) in [5.74, 6) is 0. The molecule has 0 spiro atoms. The van der Waals surface area contributed by atoms with E-state index in [2.05, 4.69) is 0 Å². The lowest BCUT2D eigenvalue weighted by molar-refractivity contribution is -0.206. The first kappa shape index (κ1) is 13.4. The molecular formula is C9H8Cl2F3NO. The van der Waals surface area contributed by atoms with Crippen LogP contribution in [0, 0.1) is 0 Å². The molecule has 0 saturated heterocycles. The van der Waals surface area contributed by atoms with Crippen molar-refractivity contribution in [2.24, 2.45) is 0 Å². The standard InChI is InChI=1S/C9H8Cl2F3NO/c10-3-7(11)5-15-2-1-6(4-15)8(16)9(12,13)14/h1-4,8,16H,5H2/b7-3-. The summed E-state index contributed by atoms with van der Waals surface area (Å²) >= 11 is 10.9. The molecule has 0 fully saturated rings. The van der Waals surface area contributed by atoms with Crippen LogP contribution in [0.15, 0.2) is 29.0 Å². The number of aliphatic hydroxyl groups excluding tert-OH is 1. The highest BCUT2D eigenvalue weighted by Gasteiger charge is 2.39. The van der Waals surface area contributed by atoms with Crippen molar-refractivity contribution in [2.45, 2.75) is 18.8 Å². The average Bonchev–Trinajstić information content (AvgIpc) is 2.63. The summed E-state index contributed by atoms with van der Waals surface area (Å²) in [7, 11) is 0. The van der Waals surface area contributed by atoms with Crippen molar-refractivity contribution in [3.8, 4) is 0 Å². The van der Waals surface area contributed by atoms with Crippen LogP contribution in [0.2, 0.25) is 0 Å². The molecule has 0 bridgehead atoms. The molecule has 0 aromatic carbocycles. The summed E-state index contributed by atoms with van der Waals surface area (Å²) in [4.78, 5) is 0. The number of hydrogen-bond donors (Lipinski definition) is 1. The van der Waals surface area contributed by atoms with E-state index in [1.165, 1.54) is 23.0 Å². The topological polar surface area (TPSA) is 25.2 Å². The fourth-order valence-electron chi connectivity index (χ4n) is 1.12. The van der Waals surface area contributed by atoms with Gasteiger partial charge in [0.15, 0.2) is 6.10 Å². The van der Waals surface area contributed by atoms with Gasteiger partial charge in [-0.1, -0.05) is 23.2 Å². The van der Waals surface area contributed by atoms with Gasteiger partial charge in [0.1, 0.15) is 0 Å². The maximum Gasteiger partial charge on any atom is 0.418 e. The molecule has 0 radical (unpaired) electrons. The van der Waals surface area contributed by atoms with Crippen molar-refractivity contribution in [1.82, 2.24) is 4.57 Å². The van der Waals surface area contributed by atoms with Gasteiger partial charge in [0, 0.05) is 28.5 Å². The van der Waals surface area contributed by atoms with Crippen LogP contribution in [-0.2, 0) is 6.54 Å².